The second kappa shape index (κ2) is 6.00. The van der Waals surface area contributed by atoms with Crippen LogP contribution in [0.25, 0.3) is 0 Å². The summed E-state index contributed by atoms with van der Waals surface area (Å²) in [7, 11) is 0. The van der Waals surface area contributed by atoms with Crippen LogP contribution in [0.15, 0.2) is 27.8 Å². The lowest BCUT2D eigenvalue weighted by Crippen LogP contribution is -2.15. The van der Waals surface area contributed by atoms with Gasteiger partial charge in [-0.25, -0.2) is 4.98 Å². The fourth-order valence-electron chi connectivity index (χ4n) is 1.59. The molecular weight excluding hydrogens is 274 g/mol. The fourth-order valence-corrected chi connectivity index (χ4v) is 2.31. The topological polar surface area (TPSA) is 81.1 Å². The number of nitrogens with one attached hydrogen (secondary N) is 1. The van der Waals surface area contributed by atoms with E-state index >= 15 is 0 Å². The molecule has 2 aromatic rings. The van der Waals surface area contributed by atoms with E-state index in [9.17, 15) is 4.79 Å². The second-order valence-electron chi connectivity index (χ2n) is 4.53. The lowest BCUT2D eigenvalue weighted by atomic mass is 10.2. The van der Waals surface area contributed by atoms with Crippen LogP contribution in [0, 0.1) is 20.8 Å². The number of hydrogen-bond donors (Lipinski definition) is 2. The Labute approximate surface area is 122 Å². The van der Waals surface area contributed by atoms with Crippen molar-refractivity contribution < 1.29 is 9.21 Å². The highest BCUT2D eigenvalue weighted by molar-refractivity contribution is 7.99. The van der Waals surface area contributed by atoms with Crippen LogP contribution in [-0.2, 0) is 4.79 Å². The molecule has 5 nitrogen and oxygen atoms in total. The zero-order chi connectivity index (χ0) is 14.7. The van der Waals surface area contributed by atoms with Crippen molar-refractivity contribution in [3.63, 3.8) is 0 Å². The fraction of sp³-hybridized carbons (Fsp3) is 0.286. The van der Waals surface area contributed by atoms with E-state index in [0.29, 0.717) is 10.9 Å². The lowest BCUT2D eigenvalue weighted by Gasteiger charge is -2.08. The zero-order valence-corrected chi connectivity index (χ0v) is 12.5. The van der Waals surface area contributed by atoms with Gasteiger partial charge in [-0.3, -0.25) is 4.79 Å². The first-order valence-electron chi connectivity index (χ1n) is 6.18. The third-order valence-electron chi connectivity index (χ3n) is 2.87. The van der Waals surface area contributed by atoms with Crippen LogP contribution in [0.1, 0.15) is 17.0 Å². The molecule has 1 amide bonds. The zero-order valence-electron chi connectivity index (χ0n) is 11.7. The second-order valence-corrected chi connectivity index (χ2v) is 5.46. The molecule has 0 atom stereocenters. The molecule has 0 bridgehead atoms. The summed E-state index contributed by atoms with van der Waals surface area (Å²) in [5.74, 6) is 0.907. The van der Waals surface area contributed by atoms with E-state index in [1.807, 2.05) is 26.8 Å². The van der Waals surface area contributed by atoms with Crippen molar-refractivity contribution in [2.24, 2.45) is 0 Å². The van der Waals surface area contributed by atoms with Crippen molar-refractivity contribution in [2.45, 2.75) is 26.0 Å². The molecule has 2 rings (SSSR count). The summed E-state index contributed by atoms with van der Waals surface area (Å²) in [5.41, 5.74) is 8.88. The van der Waals surface area contributed by atoms with Gasteiger partial charge >= 0.3 is 0 Å². The largest absolute Gasteiger partial charge is 0.437 e. The molecule has 20 heavy (non-hydrogen) atoms. The van der Waals surface area contributed by atoms with Crippen LogP contribution < -0.4 is 11.1 Å². The van der Waals surface area contributed by atoms with E-state index in [-0.39, 0.29) is 11.7 Å². The predicted octanol–water partition coefficient (Wildman–Crippen LogP) is 2.91. The molecule has 1 heterocycles. The van der Waals surface area contributed by atoms with E-state index in [2.05, 4.69) is 10.3 Å². The highest BCUT2D eigenvalue weighted by Crippen LogP contribution is 2.22. The Kier molecular flexibility index (Phi) is 4.34. The first-order valence-corrected chi connectivity index (χ1v) is 7.17. The third kappa shape index (κ3) is 3.54. The summed E-state index contributed by atoms with van der Waals surface area (Å²) >= 11 is 1.27. The van der Waals surface area contributed by atoms with Gasteiger partial charge in [-0.2, -0.15) is 0 Å². The average molecular weight is 291 g/mol. The third-order valence-corrected chi connectivity index (χ3v) is 3.70. The smallest absolute Gasteiger partial charge is 0.256 e. The van der Waals surface area contributed by atoms with Crippen LogP contribution in [0.3, 0.4) is 0 Å². The molecule has 0 unspecified atom stereocenters. The van der Waals surface area contributed by atoms with Crippen LogP contribution in [-0.4, -0.2) is 16.6 Å². The maximum Gasteiger partial charge on any atom is 0.256 e. The van der Waals surface area contributed by atoms with Gasteiger partial charge in [0, 0.05) is 11.4 Å². The quantitative estimate of drug-likeness (QED) is 0.668. The molecule has 0 saturated heterocycles. The molecule has 0 radical (unpaired) electrons. The Balaban J connectivity index is 1.94. The number of benzene rings is 1. The number of thioether (sulfide) groups is 1. The molecule has 0 fully saturated rings. The highest BCUT2D eigenvalue weighted by atomic mass is 32.2. The van der Waals surface area contributed by atoms with Crippen LogP contribution >= 0.6 is 11.8 Å². The molecule has 6 heteroatoms. The Morgan fingerprint density at radius 1 is 1.40 bits per heavy atom. The number of carbonyl (C=O) groups excluding carboxylic acids is 1. The molecule has 0 aliphatic rings. The van der Waals surface area contributed by atoms with Crippen LogP contribution in [0.4, 0.5) is 11.4 Å². The molecule has 0 aliphatic heterocycles. The van der Waals surface area contributed by atoms with E-state index < -0.39 is 0 Å². The summed E-state index contributed by atoms with van der Waals surface area (Å²) in [6.07, 6.45) is 0. The number of aryl methyl sites for hydroxylation is 3. The number of rotatable bonds is 4. The van der Waals surface area contributed by atoms with Gasteiger partial charge in [-0.15, -0.1) is 0 Å². The Bertz CT molecular complexity index is 618. The van der Waals surface area contributed by atoms with Crippen molar-refractivity contribution in [3.05, 3.63) is 35.2 Å². The molecule has 106 valence electrons. The number of aromatic nitrogens is 1. The van der Waals surface area contributed by atoms with Gasteiger partial charge in [-0.1, -0.05) is 17.8 Å². The number of carbonyl (C=O) groups is 1. The molecule has 0 spiro atoms. The van der Waals surface area contributed by atoms with E-state index in [1.54, 1.807) is 12.1 Å². The number of hydrogen-bond acceptors (Lipinski definition) is 5. The normalized spacial score (nSPS) is 10.6. The van der Waals surface area contributed by atoms with E-state index in [1.165, 1.54) is 11.8 Å². The van der Waals surface area contributed by atoms with Crippen molar-refractivity contribution in [1.82, 2.24) is 4.98 Å². The van der Waals surface area contributed by atoms with E-state index in [4.69, 9.17) is 10.2 Å². The average Bonchev–Trinajstić information content (AvgIpc) is 2.71. The van der Waals surface area contributed by atoms with Gasteiger partial charge in [0.1, 0.15) is 5.76 Å². The number of amides is 1. The first kappa shape index (κ1) is 14.5. The maximum atomic E-state index is 11.9. The minimum Gasteiger partial charge on any atom is -0.437 e. The van der Waals surface area contributed by atoms with Crippen molar-refractivity contribution in [2.75, 3.05) is 16.8 Å². The van der Waals surface area contributed by atoms with Gasteiger partial charge in [-0.05, 0) is 38.5 Å². The molecule has 0 saturated carbocycles. The number of nitrogens with two attached hydrogens (primary N) is 1. The molecule has 1 aromatic carbocycles. The number of nitrogen functional groups attached to an aromatic ring is 1. The molecular formula is C14H17N3O2S. The Morgan fingerprint density at radius 2 is 2.15 bits per heavy atom. The molecule has 0 aliphatic carbocycles. The minimum absolute atomic E-state index is 0.114. The van der Waals surface area contributed by atoms with Crippen molar-refractivity contribution >= 4 is 29.0 Å². The highest BCUT2D eigenvalue weighted by Gasteiger charge is 2.10. The summed E-state index contributed by atoms with van der Waals surface area (Å²) in [5, 5.41) is 3.35. The summed E-state index contributed by atoms with van der Waals surface area (Å²) in [4.78, 5) is 16.1. The molecule has 3 N–H and O–H groups in total. The minimum atomic E-state index is -0.114. The SMILES string of the molecule is Cc1ccc(N)cc1NC(=O)CSc1nc(C)c(C)o1. The van der Waals surface area contributed by atoms with Gasteiger partial charge in [0.15, 0.2) is 0 Å². The van der Waals surface area contributed by atoms with Gasteiger partial charge in [0.05, 0.1) is 11.4 Å². The summed E-state index contributed by atoms with van der Waals surface area (Å²) in [6.45, 7) is 5.64. The van der Waals surface area contributed by atoms with E-state index in [0.717, 1.165) is 22.7 Å². The summed E-state index contributed by atoms with van der Waals surface area (Å²) in [6, 6.07) is 5.42. The maximum absolute atomic E-state index is 11.9. The standard InChI is InChI=1S/C14H17N3O2S/c1-8-4-5-11(15)6-12(8)17-13(18)7-20-14-16-9(2)10(3)19-14/h4-6H,7,15H2,1-3H3,(H,17,18). The Hall–Kier alpha value is -1.95. The number of anilines is 2. The monoisotopic (exact) mass is 291 g/mol. The summed E-state index contributed by atoms with van der Waals surface area (Å²) < 4.78 is 5.41. The van der Waals surface area contributed by atoms with Gasteiger partial charge < -0.3 is 15.5 Å². The molecule has 1 aromatic heterocycles. The Morgan fingerprint density at radius 3 is 2.80 bits per heavy atom. The van der Waals surface area contributed by atoms with Crippen molar-refractivity contribution in [1.29, 1.82) is 0 Å². The first-order chi connectivity index (χ1) is 9.45. The van der Waals surface area contributed by atoms with Gasteiger partial charge in [0.25, 0.3) is 5.22 Å². The van der Waals surface area contributed by atoms with Crippen LogP contribution in [0.2, 0.25) is 0 Å². The lowest BCUT2D eigenvalue weighted by molar-refractivity contribution is -0.113. The number of oxazole rings is 1. The predicted molar refractivity (Wildman–Crippen MR) is 80.9 cm³/mol. The van der Waals surface area contributed by atoms with Gasteiger partial charge in [0.2, 0.25) is 5.91 Å². The van der Waals surface area contributed by atoms with Crippen LogP contribution in [0.5, 0.6) is 0 Å². The number of nitrogens with zero attached hydrogens (tertiary/aromatic N) is 1. The van der Waals surface area contributed by atoms with Crippen molar-refractivity contribution in [3.8, 4) is 0 Å².